The first-order valence-electron chi connectivity index (χ1n) is 5.50. The van der Waals surface area contributed by atoms with Crippen molar-refractivity contribution < 1.29 is 4.74 Å². The Morgan fingerprint density at radius 1 is 1.47 bits per heavy atom. The molecule has 0 spiro atoms. The summed E-state index contributed by atoms with van der Waals surface area (Å²) in [5.41, 5.74) is 1.47. The molecule has 1 aromatic rings. The molecule has 15 heavy (non-hydrogen) atoms. The summed E-state index contributed by atoms with van der Waals surface area (Å²) in [7, 11) is 0. The lowest BCUT2D eigenvalue weighted by atomic mass is 9.92. The van der Waals surface area contributed by atoms with E-state index in [1.54, 1.807) is 6.20 Å². The first-order valence-corrected chi connectivity index (χ1v) is 5.50. The predicted molar refractivity (Wildman–Crippen MR) is 59.5 cm³/mol. The van der Waals surface area contributed by atoms with E-state index >= 15 is 0 Å². The maximum absolute atomic E-state index is 5.36. The number of hydrogen-bond donors (Lipinski definition) is 1. The Hall–Kier alpha value is -0.930. The van der Waals surface area contributed by atoms with Gasteiger partial charge in [-0.3, -0.25) is 4.98 Å². The summed E-state index contributed by atoms with van der Waals surface area (Å²) in [5.74, 6) is 0. The maximum atomic E-state index is 5.36. The summed E-state index contributed by atoms with van der Waals surface area (Å²) in [6, 6.07) is 4.08. The maximum Gasteiger partial charge on any atom is 0.0483 e. The van der Waals surface area contributed by atoms with Crippen LogP contribution in [0, 0.1) is 0 Å². The van der Waals surface area contributed by atoms with Gasteiger partial charge in [-0.1, -0.05) is 6.07 Å². The predicted octanol–water partition coefficient (Wildman–Crippen LogP) is 1.74. The van der Waals surface area contributed by atoms with Crippen molar-refractivity contribution >= 4 is 0 Å². The number of nitrogens with one attached hydrogen (secondary N) is 1. The lowest BCUT2D eigenvalue weighted by Gasteiger charge is -2.34. The first kappa shape index (κ1) is 10.6. The van der Waals surface area contributed by atoms with Crippen LogP contribution < -0.4 is 5.32 Å². The fraction of sp³-hybridized carbons (Fsp3) is 0.583. The van der Waals surface area contributed by atoms with E-state index in [0.29, 0.717) is 0 Å². The van der Waals surface area contributed by atoms with Crippen LogP contribution in [0.1, 0.15) is 25.3 Å². The molecule has 0 bridgehead atoms. The average Bonchev–Trinajstić information content (AvgIpc) is 2.29. The Bertz CT molecular complexity index is 294. The molecule has 0 aromatic carbocycles. The number of pyridine rings is 1. The molecule has 3 heteroatoms. The molecule has 0 unspecified atom stereocenters. The molecule has 0 saturated carbocycles. The van der Waals surface area contributed by atoms with Crippen LogP contribution in [-0.4, -0.2) is 23.7 Å². The SMILES string of the molecule is CC1(NCc2cccnc2)CCOCC1. The summed E-state index contributed by atoms with van der Waals surface area (Å²) >= 11 is 0. The minimum absolute atomic E-state index is 0.230. The summed E-state index contributed by atoms with van der Waals surface area (Å²) in [5, 5.41) is 3.59. The Balaban J connectivity index is 1.87. The van der Waals surface area contributed by atoms with Gasteiger partial charge in [0.15, 0.2) is 0 Å². The molecular formula is C12H18N2O. The van der Waals surface area contributed by atoms with Crippen LogP contribution in [0.4, 0.5) is 0 Å². The Kier molecular flexibility index (Phi) is 3.34. The number of nitrogens with zero attached hydrogens (tertiary/aromatic N) is 1. The van der Waals surface area contributed by atoms with E-state index in [9.17, 15) is 0 Å². The molecule has 1 aliphatic rings. The average molecular weight is 206 g/mol. The molecule has 1 saturated heterocycles. The topological polar surface area (TPSA) is 34.2 Å². The number of hydrogen-bond acceptors (Lipinski definition) is 3. The van der Waals surface area contributed by atoms with E-state index in [0.717, 1.165) is 32.6 Å². The van der Waals surface area contributed by atoms with Gasteiger partial charge in [-0.15, -0.1) is 0 Å². The second-order valence-electron chi connectivity index (χ2n) is 4.39. The van der Waals surface area contributed by atoms with Crippen LogP contribution >= 0.6 is 0 Å². The van der Waals surface area contributed by atoms with Gasteiger partial charge in [0.05, 0.1) is 0 Å². The zero-order valence-electron chi connectivity index (χ0n) is 9.20. The second kappa shape index (κ2) is 4.73. The number of rotatable bonds is 3. The summed E-state index contributed by atoms with van der Waals surface area (Å²) in [4.78, 5) is 4.11. The van der Waals surface area contributed by atoms with Crippen LogP contribution in [0.15, 0.2) is 24.5 Å². The van der Waals surface area contributed by atoms with E-state index in [2.05, 4.69) is 23.3 Å². The monoisotopic (exact) mass is 206 g/mol. The second-order valence-corrected chi connectivity index (χ2v) is 4.39. The molecule has 2 rings (SSSR count). The highest BCUT2D eigenvalue weighted by atomic mass is 16.5. The Morgan fingerprint density at radius 3 is 2.93 bits per heavy atom. The summed E-state index contributed by atoms with van der Waals surface area (Å²) in [6.07, 6.45) is 5.90. The van der Waals surface area contributed by atoms with Crippen molar-refractivity contribution in [1.82, 2.24) is 10.3 Å². The van der Waals surface area contributed by atoms with Crippen LogP contribution in [0.2, 0.25) is 0 Å². The van der Waals surface area contributed by atoms with Gasteiger partial charge in [0.1, 0.15) is 0 Å². The summed E-state index contributed by atoms with van der Waals surface area (Å²) in [6.45, 7) is 4.91. The van der Waals surface area contributed by atoms with Gasteiger partial charge in [-0.2, -0.15) is 0 Å². The lowest BCUT2D eigenvalue weighted by molar-refractivity contribution is 0.0446. The van der Waals surface area contributed by atoms with Crippen LogP contribution in [0.3, 0.4) is 0 Å². The molecule has 1 aromatic heterocycles. The van der Waals surface area contributed by atoms with Crippen LogP contribution in [-0.2, 0) is 11.3 Å². The van der Waals surface area contributed by atoms with Crippen molar-refractivity contribution in [3.8, 4) is 0 Å². The molecule has 2 heterocycles. The van der Waals surface area contributed by atoms with Gasteiger partial charge in [0, 0.05) is 37.7 Å². The highest BCUT2D eigenvalue weighted by molar-refractivity contribution is 5.08. The highest BCUT2D eigenvalue weighted by Gasteiger charge is 2.26. The Morgan fingerprint density at radius 2 is 2.27 bits per heavy atom. The van der Waals surface area contributed by atoms with E-state index in [-0.39, 0.29) is 5.54 Å². The van der Waals surface area contributed by atoms with Crippen molar-refractivity contribution in [2.45, 2.75) is 31.8 Å². The van der Waals surface area contributed by atoms with Crippen LogP contribution in [0.5, 0.6) is 0 Å². The molecule has 0 aliphatic carbocycles. The fourth-order valence-electron chi connectivity index (χ4n) is 1.82. The third-order valence-corrected chi connectivity index (χ3v) is 3.04. The minimum atomic E-state index is 0.230. The van der Waals surface area contributed by atoms with Crippen LogP contribution in [0.25, 0.3) is 0 Å². The zero-order valence-corrected chi connectivity index (χ0v) is 9.20. The van der Waals surface area contributed by atoms with Crippen molar-refractivity contribution in [2.75, 3.05) is 13.2 Å². The van der Waals surface area contributed by atoms with Gasteiger partial charge in [0.25, 0.3) is 0 Å². The summed E-state index contributed by atoms with van der Waals surface area (Å²) < 4.78 is 5.36. The third kappa shape index (κ3) is 3.01. The molecule has 3 nitrogen and oxygen atoms in total. The normalized spacial score (nSPS) is 20.1. The van der Waals surface area contributed by atoms with Crippen molar-refractivity contribution in [3.63, 3.8) is 0 Å². The van der Waals surface area contributed by atoms with Crippen molar-refractivity contribution in [3.05, 3.63) is 30.1 Å². The largest absolute Gasteiger partial charge is 0.381 e. The smallest absolute Gasteiger partial charge is 0.0483 e. The van der Waals surface area contributed by atoms with Crippen molar-refractivity contribution in [2.24, 2.45) is 0 Å². The van der Waals surface area contributed by atoms with Gasteiger partial charge < -0.3 is 10.1 Å². The van der Waals surface area contributed by atoms with Gasteiger partial charge in [-0.25, -0.2) is 0 Å². The lowest BCUT2D eigenvalue weighted by Crippen LogP contribution is -2.46. The van der Waals surface area contributed by atoms with Gasteiger partial charge in [-0.05, 0) is 31.4 Å². The minimum Gasteiger partial charge on any atom is -0.381 e. The highest BCUT2D eigenvalue weighted by Crippen LogP contribution is 2.20. The molecule has 1 aliphatic heterocycles. The molecule has 1 fully saturated rings. The molecule has 1 N–H and O–H groups in total. The third-order valence-electron chi connectivity index (χ3n) is 3.04. The zero-order chi connectivity index (χ0) is 10.6. The Labute approximate surface area is 90.9 Å². The number of ether oxygens (including phenoxy) is 1. The van der Waals surface area contributed by atoms with E-state index < -0.39 is 0 Å². The number of aromatic nitrogens is 1. The fourth-order valence-corrected chi connectivity index (χ4v) is 1.82. The molecular weight excluding hydrogens is 188 g/mol. The molecule has 0 radical (unpaired) electrons. The molecule has 82 valence electrons. The molecule has 0 amide bonds. The quantitative estimate of drug-likeness (QED) is 0.818. The molecule has 0 atom stereocenters. The van der Waals surface area contributed by atoms with Gasteiger partial charge >= 0.3 is 0 Å². The van der Waals surface area contributed by atoms with Crippen molar-refractivity contribution in [1.29, 1.82) is 0 Å². The first-order chi connectivity index (χ1) is 7.29. The van der Waals surface area contributed by atoms with E-state index in [1.165, 1.54) is 5.56 Å². The van der Waals surface area contributed by atoms with Gasteiger partial charge in [0.2, 0.25) is 0 Å². The standard InChI is InChI=1S/C12H18N2O/c1-12(4-7-15-8-5-12)14-10-11-3-2-6-13-9-11/h2-3,6,9,14H,4-5,7-8,10H2,1H3. The van der Waals surface area contributed by atoms with E-state index in [1.807, 2.05) is 12.3 Å². The van der Waals surface area contributed by atoms with E-state index in [4.69, 9.17) is 4.74 Å².